The molecule has 0 aromatic heterocycles. The number of hydrogen-bond donors (Lipinski definition) is 1. The minimum atomic E-state index is 0.369. The molecule has 18 heavy (non-hydrogen) atoms. The van der Waals surface area contributed by atoms with Crippen LogP contribution in [0.5, 0.6) is 0 Å². The molecule has 0 bridgehead atoms. The number of benzene rings is 1. The summed E-state index contributed by atoms with van der Waals surface area (Å²) < 4.78 is 5.71. The number of anilines is 1. The Hall–Kier alpha value is -1.06. The van der Waals surface area contributed by atoms with Gasteiger partial charge in [-0.2, -0.15) is 0 Å². The summed E-state index contributed by atoms with van der Waals surface area (Å²) in [7, 11) is 4.16. The lowest BCUT2D eigenvalue weighted by Gasteiger charge is -2.27. The Labute approximate surface area is 110 Å². The summed E-state index contributed by atoms with van der Waals surface area (Å²) in [5.41, 5.74) is 2.65. The fraction of sp³-hybridized carbons (Fsp3) is 0.600. The zero-order valence-corrected chi connectivity index (χ0v) is 11.6. The van der Waals surface area contributed by atoms with E-state index in [0.717, 1.165) is 13.2 Å². The molecule has 0 amide bonds. The van der Waals surface area contributed by atoms with Crippen LogP contribution in [0.15, 0.2) is 24.3 Å². The van der Waals surface area contributed by atoms with E-state index < -0.39 is 0 Å². The lowest BCUT2D eigenvalue weighted by atomic mass is 10.1. The van der Waals surface area contributed by atoms with Gasteiger partial charge >= 0.3 is 0 Å². The van der Waals surface area contributed by atoms with Crippen LogP contribution in [0, 0.1) is 0 Å². The summed E-state index contributed by atoms with van der Waals surface area (Å²) in [5.74, 6) is 0. The van der Waals surface area contributed by atoms with Crippen LogP contribution in [-0.2, 0) is 4.74 Å². The zero-order chi connectivity index (χ0) is 13.0. The minimum Gasteiger partial charge on any atom is -0.376 e. The summed E-state index contributed by atoms with van der Waals surface area (Å²) in [5, 5.41) is 3.31. The topological polar surface area (TPSA) is 24.5 Å². The van der Waals surface area contributed by atoms with Gasteiger partial charge in [0.25, 0.3) is 0 Å². The molecule has 1 aromatic rings. The Bertz CT molecular complexity index is 375. The molecule has 3 nitrogen and oxygen atoms in total. The largest absolute Gasteiger partial charge is 0.376 e. The Morgan fingerprint density at radius 3 is 2.89 bits per heavy atom. The maximum absolute atomic E-state index is 5.71. The van der Waals surface area contributed by atoms with Gasteiger partial charge in [-0.15, -0.1) is 0 Å². The maximum atomic E-state index is 5.71. The predicted octanol–water partition coefficient (Wildman–Crippen LogP) is 2.58. The van der Waals surface area contributed by atoms with Gasteiger partial charge in [-0.25, -0.2) is 0 Å². The molecule has 2 unspecified atom stereocenters. The van der Waals surface area contributed by atoms with E-state index in [4.69, 9.17) is 4.74 Å². The van der Waals surface area contributed by atoms with Crippen molar-refractivity contribution in [3.05, 3.63) is 29.8 Å². The van der Waals surface area contributed by atoms with E-state index in [9.17, 15) is 0 Å². The van der Waals surface area contributed by atoms with Crippen LogP contribution >= 0.6 is 0 Å². The van der Waals surface area contributed by atoms with E-state index in [1.54, 1.807) is 0 Å². The van der Waals surface area contributed by atoms with Crippen LogP contribution in [0.1, 0.15) is 31.4 Å². The fourth-order valence-corrected chi connectivity index (χ4v) is 2.55. The molecule has 0 aliphatic carbocycles. The van der Waals surface area contributed by atoms with E-state index in [1.165, 1.54) is 24.1 Å². The van der Waals surface area contributed by atoms with Crippen molar-refractivity contribution in [1.82, 2.24) is 5.32 Å². The summed E-state index contributed by atoms with van der Waals surface area (Å²) >= 11 is 0. The van der Waals surface area contributed by atoms with E-state index in [2.05, 4.69) is 48.5 Å². The Morgan fingerprint density at radius 2 is 2.22 bits per heavy atom. The molecule has 1 heterocycles. The van der Waals surface area contributed by atoms with Gasteiger partial charge in [0.1, 0.15) is 0 Å². The number of ether oxygens (including phenoxy) is 1. The first kappa shape index (κ1) is 13.4. The van der Waals surface area contributed by atoms with E-state index >= 15 is 0 Å². The summed E-state index contributed by atoms with van der Waals surface area (Å²) in [4.78, 5) is 2.32. The molecule has 1 aromatic carbocycles. The van der Waals surface area contributed by atoms with Gasteiger partial charge in [0.2, 0.25) is 0 Å². The Morgan fingerprint density at radius 1 is 1.44 bits per heavy atom. The number of hydrogen-bond acceptors (Lipinski definition) is 3. The van der Waals surface area contributed by atoms with Crippen LogP contribution < -0.4 is 10.2 Å². The molecule has 1 N–H and O–H groups in total. The molecule has 1 saturated heterocycles. The highest BCUT2D eigenvalue weighted by Crippen LogP contribution is 2.26. The highest BCUT2D eigenvalue weighted by atomic mass is 16.5. The summed E-state index contributed by atoms with van der Waals surface area (Å²) in [6.45, 7) is 4.10. The van der Waals surface area contributed by atoms with Crippen LogP contribution in [0.4, 0.5) is 5.69 Å². The molecule has 2 atom stereocenters. The fourth-order valence-electron chi connectivity index (χ4n) is 2.55. The molecule has 3 heteroatoms. The van der Waals surface area contributed by atoms with Crippen molar-refractivity contribution in [2.75, 3.05) is 32.1 Å². The number of para-hydroxylation sites is 1. The third-order valence-corrected chi connectivity index (χ3v) is 3.75. The molecule has 1 fully saturated rings. The average molecular weight is 248 g/mol. The Kier molecular flexibility index (Phi) is 4.61. The van der Waals surface area contributed by atoms with Gasteiger partial charge in [-0.1, -0.05) is 18.2 Å². The molecule has 0 saturated carbocycles. The monoisotopic (exact) mass is 248 g/mol. The average Bonchev–Trinajstić information content (AvgIpc) is 2.90. The van der Waals surface area contributed by atoms with E-state index in [-0.39, 0.29) is 0 Å². The molecule has 1 aliphatic heterocycles. The molecule has 0 radical (unpaired) electrons. The van der Waals surface area contributed by atoms with Crippen molar-refractivity contribution < 1.29 is 4.74 Å². The van der Waals surface area contributed by atoms with Gasteiger partial charge in [-0.05, 0) is 38.4 Å². The Balaban J connectivity index is 2.10. The molecule has 100 valence electrons. The zero-order valence-electron chi connectivity index (χ0n) is 11.6. The van der Waals surface area contributed by atoms with E-state index in [1.807, 2.05) is 7.05 Å². The molecule has 2 rings (SSSR count). The highest BCUT2D eigenvalue weighted by molar-refractivity contribution is 5.54. The maximum Gasteiger partial charge on any atom is 0.0750 e. The third-order valence-electron chi connectivity index (χ3n) is 3.75. The standard InChI is InChI=1S/C15H24N2O/c1-12(16-2)14-8-4-5-9-15(14)17(3)11-13-7-6-10-18-13/h4-5,8-9,12-13,16H,6-7,10-11H2,1-3H3. The highest BCUT2D eigenvalue weighted by Gasteiger charge is 2.19. The first-order valence-corrected chi connectivity index (χ1v) is 6.81. The van der Waals surface area contributed by atoms with E-state index in [0.29, 0.717) is 12.1 Å². The van der Waals surface area contributed by atoms with Crippen LogP contribution in [0.2, 0.25) is 0 Å². The molecular formula is C15H24N2O. The number of nitrogens with one attached hydrogen (secondary N) is 1. The van der Waals surface area contributed by atoms with Crippen molar-refractivity contribution in [3.8, 4) is 0 Å². The number of likely N-dealkylation sites (N-methyl/N-ethyl adjacent to an activating group) is 1. The van der Waals surface area contributed by atoms with Crippen LogP contribution in [0.3, 0.4) is 0 Å². The predicted molar refractivity (Wildman–Crippen MR) is 76.2 cm³/mol. The minimum absolute atomic E-state index is 0.369. The second-order valence-electron chi connectivity index (χ2n) is 5.08. The quantitative estimate of drug-likeness (QED) is 0.867. The van der Waals surface area contributed by atoms with Gasteiger partial charge in [0, 0.05) is 31.9 Å². The first-order valence-electron chi connectivity index (χ1n) is 6.81. The molecular weight excluding hydrogens is 224 g/mol. The smallest absolute Gasteiger partial charge is 0.0750 e. The van der Waals surface area contributed by atoms with Crippen molar-refractivity contribution in [2.45, 2.75) is 31.9 Å². The molecule has 1 aliphatic rings. The van der Waals surface area contributed by atoms with Gasteiger partial charge < -0.3 is 15.0 Å². The van der Waals surface area contributed by atoms with Crippen molar-refractivity contribution in [2.24, 2.45) is 0 Å². The van der Waals surface area contributed by atoms with Crippen molar-refractivity contribution in [1.29, 1.82) is 0 Å². The first-order chi connectivity index (χ1) is 8.72. The number of nitrogens with zero attached hydrogens (tertiary/aromatic N) is 1. The molecule has 0 spiro atoms. The van der Waals surface area contributed by atoms with Crippen molar-refractivity contribution in [3.63, 3.8) is 0 Å². The van der Waals surface area contributed by atoms with Gasteiger partial charge in [0.05, 0.1) is 6.10 Å². The summed E-state index contributed by atoms with van der Waals surface area (Å²) in [6, 6.07) is 8.97. The SMILES string of the molecule is CNC(C)c1ccccc1N(C)CC1CCCO1. The van der Waals surface area contributed by atoms with Crippen LogP contribution in [0.25, 0.3) is 0 Å². The second-order valence-corrected chi connectivity index (χ2v) is 5.08. The van der Waals surface area contributed by atoms with Gasteiger partial charge in [0.15, 0.2) is 0 Å². The number of rotatable bonds is 5. The second kappa shape index (κ2) is 6.21. The normalized spacial score (nSPS) is 20.9. The third kappa shape index (κ3) is 3.03. The van der Waals surface area contributed by atoms with Gasteiger partial charge in [-0.3, -0.25) is 0 Å². The lowest BCUT2D eigenvalue weighted by molar-refractivity contribution is 0.116. The lowest BCUT2D eigenvalue weighted by Crippen LogP contribution is -2.30. The van der Waals surface area contributed by atoms with Crippen LogP contribution in [-0.4, -0.2) is 33.4 Å². The van der Waals surface area contributed by atoms with Crippen molar-refractivity contribution >= 4 is 5.69 Å². The summed E-state index contributed by atoms with van der Waals surface area (Å²) in [6.07, 6.45) is 2.79.